The molecular weight excluding hydrogens is 964 g/mol. The minimum Gasteiger partial charge on any atom is -0.756 e. The summed E-state index contributed by atoms with van der Waals surface area (Å²) in [5, 5.41) is 3.02. The number of nitrogens with one attached hydrogen (secondary N) is 1. The van der Waals surface area contributed by atoms with Crippen LogP contribution in [0, 0.1) is 0 Å². The lowest BCUT2D eigenvalue weighted by molar-refractivity contribution is -0.870. The highest BCUT2D eigenvalue weighted by Gasteiger charge is 2.27. The molecule has 0 aromatic rings. The van der Waals surface area contributed by atoms with Crippen molar-refractivity contribution < 1.29 is 37.3 Å². The number of unbranched alkanes of at least 4 members (excludes halogenated alkanes) is 34. The van der Waals surface area contributed by atoms with E-state index in [9.17, 15) is 19.0 Å². The summed E-state index contributed by atoms with van der Waals surface area (Å²) in [5.41, 5.74) is 0. The van der Waals surface area contributed by atoms with E-state index in [-0.39, 0.29) is 24.9 Å². The second-order valence-electron chi connectivity index (χ2n) is 22.9. The van der Waals surface area contributed by atoms with Crippen LogP contribution < -0.4 is 10.2 Å². The van der Waals surface area contributed by atoms with Gasteiger partial charge in [0.25, 0.3) is 7.82 Å². The number of phosphoric acid groups is 1. The number of carbonyl (C=O) groups excluding carboxylic acids is 2. The first kappa shape index (κ1) is 73.7. The topological polar surface area (TPSA) is 114 Å². The molecule has 76 heavy (non-hydrogen) atoms. The largest absolute Gasteiger partial charge is 0.756 e. The third-order valence-corrected chi connectivity index (χ3v) is 15.1. The van der Waals surface area contributed by atoms with Gasteiger partial charge in [-0.15, -0.1) is 0 Å². The number of carbonyl (C=O) groups is 2. The van der Waals surface area contributed by atoms with Crippen molar-refractivity contribution >= 4 is 19.7 Å². The van der Waals surface area contributed by atoms with Gasteiger partial charge in [-0.1, -0.05) is 249 Å². The van der Waals surface area contributed by atoms with E-state index in [1.807, 2.05) is 33.3 Å². The van der Waals surface area contributed by atoms with Gasteiger partial charge in [-0.2, -0.15) is 0 Å². The van der Waals surface area contributed by atoms with Gasteiger partial charge in [-0.25, -0.2) is 0 Å². The number of hydrogen-bond donors (Lipinski definition) is 1. The molecule has 3 atom stereocenters. The molecule has 9 nitrogen and oxygen atoms in total. The number of nitrogens with zero attached hydrogens (tertiary/aromatic N) is 1. The smallest absolute Gasteiger partial charge is 0.306 e. The lowest BCUT2D eigenvalue weighted by Gasteiger charge is -2.30. The van der Waals surface area contributed by atoms with Crippen LogP contribution in [0.1, 0.15) is 297 Å². The quantitative estimate of drug-likeness (QED) is 0.0212. The fourth-order valence-corrected chi connectivity index (χ4v) is 9.89. The number of likely N-dealkylation sites (N-methyl/N-ethyl adjacent to an activating group) is 1. The zero-order valence-electron chi connectivity index (χ0n) is 50.7. The van der Waals surface area contributed by atoms with Crippen LogP contribution in [0.3, 0.4) is 0 Å². The van der Waals surface area contributed by atoms with Crippen LogP contribution >= 0.6 is 7.82 Å². The first-order valence-corrected chi connectivity index (χ1v) is 33.6. The molecule has 0 aromatic carbocycles. The second-order valence-corrected chi connectivity index (χ2v) is 24.3. The van der Waals surface area contributed by atoms with E-state index >= 15 is 0 Å². The lowest BCUT2D eigenvalue weighted by Crippen LogP contribution is -2.47. The third-order valence-electron chi connectivity index (χ3n) is 14.2. The number of phosphoric ester groups is 1. The summed E-state index contributed by atoms with van der Waals surface area (Å²) in [5.74, 6) is -0.560. The molecule has 0 radical (unpaired) electrons. The Morgan fingerprint density at radius 1 is 0.461 bits per heavy atom. The first-order valence-electron chi connectivity index (χ1n) is 32.1. The molecule has 0 saturated carbocycles. The minimum atomic E-state index is -4.71. The fraction of sp³-hybridized carbons (Fsp3) is 0.818. The summed E-state index contributed by atoms with van der Waals surface area (Å²) < 4.78 is 30.3. The highest BCUT2D eigenvalue weighted by molar-refractivity contribution is 7.45. The van der Waals surface area contributed by atoms with E-state index in [1.165, 1.54) is 180 Å². The average Bonchev–Trinajstić information content (AvgIpc) is 3.38. The van der Waals surface area contributed by atoms with Crippen molar-refractivity contribution in [3.05, 3.63) is 60.8 Å². The van der Waals surface area contributed by atoms with Crippen LogP contribution in [0.4, 0.5) is 0 Å². The zero-order valence-corrected chi connectivity index (χ0v) is 51.6. The summed E-state index contributed by atoms with van der Waals surface area (Å²) in [6.45, 7) is 6.81. The monoisotopic (exact) mass is 1090 g/mol. The maximum atomic E-state index is 13.5. The van der Waals surface area contributed by atoms with Crippen LogP contribution in [-0.2, 0) is 27.9 Å². The molecular formula is C66H123N2O7P. The van der Waals surface area contributed by atoms with Gasteiger partial charge in [0.05, 0.1) is 33.8 Å². The Labute approximate surface area is 471 Å². The van der Waals surface area contributed by atoms with Crippen LogP contribution in [0.5, 0.6) is 0 Å². The second kappa shape index (κ2) is 56.0. The fourth-order valence-electron chi connectivity index (χ4n) is 9.17. The van der Waals surface area contributed by atoms with Crippen molar-refractivity contribution in [3.8, 4) is 0 Å². The zero-order chi connectivity index (χ0) is 55.7. The van der Waals surface area contributed by atoms with Gasteiger partial charge in [-0.05, 0) is 96.0 Å². The van der Waals surface area contributed by atoms with Crippen LogP contribution in [0.2, 0.25) is 0 Å². The van der Waals surface area contributed by atoms with Crippen molar-refractivity contribution in [1.82, 2.24) is 5.32 Å². The van der Waals surface area contributed by atoms with E-state index in [2.05, 4.69) is 74.7 Å². The number of esters is 1. The van der Waals surface area contributed by atoms with Gasteiger partial charge in [0.15, 0.2) is 0 Å². The minimum absolute atomic E-state index is 0.0277. The predicted molar refractivity (Wildman–Crippen MR) is 325 cm³/mol. The molecule has 0 bridgehead atoms. The first-order chi connectivity index (χ1) is 36.9. The molecule has 0 saturated heterocycles. The van der Waals surface area contributed by atoms with Crippen molar-refractivity contribution in [2.24, 2.45) is 0 Å². The number of ether oxygens (including phenoxy) is 1. The molecule has 0 rings (SSSR count). The van der Waals surface area contributed by atoms with Crippen molar-refractivity contribution in [1.29, 1.82) is 0 Å². The maximum Gasteiger partial charge on any atom is 0.306 e. The van der Waals surface area contributed by atoms with Gasteiger partial charge in [-0.3, -0.25) is 14.2 Å². The molecule has 0 aliphatic carbocycles. The van der Waals surface area contributed by atoms with Gasteiger partial charge < -0.3 is 28.5 Å². The Morgan fingerprint density at radius 3 is 1.24 bits per heavy atom. The molecule has 1 N–H and O–H groups in total. The average molecular weight is 1090 g/mol. The Balaban J connectivity index is 5.23. The van der Waals surface area contributed by atoms with Crippen molar-refractivity contribution in [2.45, 2.75) is 309 Å². The number of quaternary nitrogens is 1. The van der Waals surface area contributed by atoms with E-state index < -0.39 is 26.6 Å². The van der Waals surface area contributed by atoms with E-state index in [1.54, 1.807) is 0 Å². The molecule has 0 aromatic heterocycles. The molecule has 0 fully saturated rings. The van der Waals surface area contributed by atoms with E-state index in [0.29, 0.717) is 23.9 Å². The molecule has 3 unspecified atom stereocenters. The molecule has 0 aliphatic heterocycles. The summed E-state index contributed by atoms with van der Waals surface area (Å²) in [4.78, 5) is 40.0. The molecule has 10 heteroatoms. The predicted octanol–water partition coefficient (Wildman–Crippen LogP) is 19.2. The standard InChI is InChI=1S/C66H123N2O7P/c1-7-10-13-16-19-22-25-28-30-32-33-34-35-37-39-41-44-47-50-53-56-59-66(70)75-64(57-54-51-48-45-42-27-24-21-18-15-12-9-3)63(62-74-76(71,72)73-61-60-68(4,5)6)67-65(69)58-55-52-49-46-43-40-38-36-31-29-26-23-20-17-14-11-8-2/h20,23,28-31,38,40,54,57,63-64H,7-19,21-22,24-27,32-37,39,41-53,55-56,58-62H2,1-6H3,(H-,67,69,71,72)/b23-20-,30-28+,31-29-,40-38-,57-54+. The van der Waals surface area contributed by atoms with Crippen LogP contribution in [0.15, 0.2) is 60.8 Å². The maximum absolute atomic E-state index is 13.5. The number of amides is 1. The van der Waals surface area contributed by atoms with Crippen molar-refractivity contribution in [2.75, 3.05) is 40.9 Å². The Morgan fingerprint density at radius 2 is 0.803 bits per heavy atom. The molecule has 0 aliphatic rings. The molecule has 0 heterocycles. The van der Waals surface area contributed by atoms with E-state index in [0.717, 1.165) is 77.0 Å². The summed E-state index contributed by atoms with van der Waals surface area (Å²) in [6.07, 6.45) is 70.4. The molecule has 1 amide bonds. The lowest BCUT2D eigenvalue weighted by atomic mass is 10.0. The van der Waals surface area contributed by atoms with Crippen LogP contribution in [-0.4, -0.2) is 69.4 Å². The summed E-state index contributed by atoms with van der Waals surface area (Å²) in [7, 11) is 1.17. The Bertz CT molecular complexity index is 1490. The highest BCUT2D eigenvalue weighted by atomic mass is 31.2. The Hall–Kier alpha value is -2.29. The van der Waals surface area contributed by atoms with Crippen molar-refractivity contribution in [3.63, 3.8) is 0 Å². The number of hydrogen-bond acceptors (Lipinski definition) is 7. The summed E-state index contributed by atoms with van der Waals surface area (Å²) in [6, 6.07) is -0.901. The van der Waals surface area contributed by atoms with E-state index in [4.69, 9.17) is 13.8 Å². The third kappa shape index (κ3) is 56.4. The normalized spacial score (nSPS) is 14.0. The van der Waals surface area contributed by atoms with Gasteiger partial charge >= 0.3 is 5.97 Å². The number of allylic oxidation sites excluding steroid dienone is 9. The van der Waals surface area contributed by atoms with Gasteiger partial charge in [0.1, 0.15) is 19.3 Å². The van der Waals surface area contributed by atoms with Crippen LogP contribution in [0.25, 0.3) is 0 Å². The van der Waals surface area contributed by atoms with Gasteiger partial charge in [0.2, 0.25) is 5.91 Å². The summed E-state index contributed by atoms with van der Waals surface area (Å²) >= 11 is 0. The molecule has 0 spiro atoms. The van der Waals surface area contributed by atoms with Gasteiger partial charge in [0, 0.05) is 12.8 Å². The Kier molecular flexibility index (Phi) is 54.3. The number of rotatable bonds is 58. The highest BCUT2D eigenvalue weighted by Crippen LogP contribution is 2.38. The SMILES string of the molecule is CCCCC/C=C\C/C=C\C/C=C\CCCCCCC(=O)NC(COP(=O)([O-])OCC[N+](C)(C)C)C(/C=C/CCCCCCCCCCCC)OC(=O)CCCCCCCCCCCCC/C=C/CCCCCCCC. The molecule has 444 valence electrons.